The number of nitrogens with zero attached hydrogens (tertiary/aromatic N) is 3. The number of halogens is 1. The summed E-state index contributed by atoms with van der Waals surface area (Å²) in [6, 6.07) is 16.1. The van der Waals surface area contributed by atoms with Gasteiger partial charge in [-0.2, -0.15) is 0 Å². The molecular formula is C22H29BrN4O. The number of carbonyl (C=O) groups excluding carboxylic acids is 1. The average Bonchev–Trinajstić information content (AvgIpc) is 2.68. The van der Waals surface area contributed by atoms with Crippen LogP contribution in [-0.2, 0) is 13.0 Å². The first-order valence-corrected chi connectivity index (χ1v) is 10.2. The maximum Gasteiger partial charge on any atom is 0.253 e. The fraction of sp³-hybridized carbons (Fsp3) is 0.364. The van der Waals surface area contributed by atoms with Crippen LogP contribution in [0.25, 0.3) is 0 Å². The normalized spacial score (nSPS) is 11.2. The van der Waals surface area contributed by atoms with E-state index in [-0.39, 0.29) is 5.91 Å². The van der Waals surface area contributed by atoms with E-state index in [0.717, 1.165) is 35.5 Å². The number of amides is 1. The minimum absolute atomic E-state index is 0.0212. The first-order chi connectivity index (χ1) is 13.4. The lowest BCUT2D eigenvalue weighted by atomic mass is 10.1. The second-order valence-corrected chi connectivity index (χ2v) is 7.78. The van der Waals surface area contributed by atoms with Crippen molar-refractivity contribution in [1.82, 2.24) is 15.1 Å². The Hall–Kier alpha value is -2.34. The van der Waals surface area contributed by atoms with E-state index < -0.39 is 0 Å². The zero-order valence-electron chi connectivity index (χ0n) is 17.1. The average molecular weight is 445 g/mol. The molecule has 0 spiro atoms. The third-order valence-corrected chi connectivity index (χ3v) is 4.80. The van der Waals surface area contributed by atoms with Gasteiger partial charge in [0.25, 0.3) is 5.91 Å². The minimum Gasteiger partial charge on any atom is -0.357 e. The van der Waals surface area contributed by atoms with Gasteiger partial charge in [0, 0.05) is 50.8 Å². The molecule has 5 nitrogen and oxygen atoms in total. The van der Waals surface area contributed by atoms with Gasteiger partial charge in [0.1, 0.15) is 0 Å². The van der Waals surface area contributed by atoms with Crippen molar-refractivity contribution in [1.29, 1.82) is 0 Å². The van der Waals surface area contributed by atoms with Crippen LogP contribution in [0.4, 0.5) is 0 Å². The lowest BCUT2D eigenvalue weighted by molar-refractivity contribution is 0.0827. The molecule has 28 heavy (non-hydrogen) atoms. The minimum atomic E-state index is 0.0212. The maximum atomic E-state index is 12.1. The van der Waals surface area contributed by atoms with Crippen LogP contribution in [0.5, 0.6) is 0 Å². The number of guanidine groups is 1. The summed E-state index contributed by atoms with van der Waals surface area (Å²) in [5.74, 6) is 0.902. The highest BCUT2D eigenvalue weighted by molar-refractivity contribution is 9.10. The molecule has 150 valence electrons. The van der Waals surface area contributed by atoms with Gasteiger partial charge < -0.3 is 15.1 Å². The van der Waals surface area contributed by atoms with Crippen molar-refractivity contribution in [2.75, 3.05) is 34.2 Å². The van der Waals surface area contributed by atoms with Gasteiger partial charge in [0.05, 0.1) is 0 Å². The lowest BCUT2D eigenvalue weighted by Crippen LogP contribution is -2.38. The maximum absolute atomic E-state index is 12.1. The number of carbonyl (C=O) groups is 1. The Labute approximate surface area is 176 Å². The van der Waals surface area contributed by atoms with Gasteiger partial charge in [-0.15, -0.1) is 0 Å². The van der Waals surface area contributed by atoms with Crippen LogP contribution in [-0.4, -0.2) is 55.9 Å². The summed E-state index contributed by atoms with van der Waals surface area (Å²) in [7, 11) is 5.58. The third kappa shape index (κ3) is 6.68. The molecule has 0 aromatic heterocycles. The van der Waals surface area contributed by atoms with Gasteiger partial charge in [-0.05, 0) is 48.7 Å². The van der Waals surface area contributed by atoms with E-state index in [0.29, 0.717) is 12.1 Å². The summed E-state index contributed by atoms with van der Waals surface area (Å²) in [6.45, 7) is 4.33. The predicted octanol–water partition coefficient (Wildman–Crippen LogP) is 3.79. The Morgan fingerprint density at radius 2 is 1.79 bits per heavy atom. The number of benzene rings is 2. The summed E-state index contributed by atoms with van der Waals surface area (Å²) >= 11 is 3.47. The molecule has 0 aliphatic heterocycles. The van der Waals surface area contributed by atoms with Gasteiger partial charge in [-0.1, -0.05) is 40.2 Å². The van der Waals surface area contributed by atoms with Crippen LogP contribution >= 0.6 is 15.9 Å². The smallest absolute Gasteiger partial charge is 0.253 e. The first kappa shape index (κ1) is 22.0. The summed E-state index contributed by atoms with van der Waals surface area (Å²) in [4.78, 5) is 20.6. The zero-order valence-corrected chi connectivity index (χ0v) is 18.7. The molecule has 0 aliphatic rings. The monoisotopic (exact) mass is 444 g/mol. The van der Waals surface area contributed by atoms with Crippen molar-refractivity contribution in [2.45, 2.75) is 19.9 Å². The highest BCUT2D eigenvalue weighted by Crippen LogP contribution is 2.12. The van der Waals surface area contributed by atoms with Crippen LogP contribution in [0.15, 0.2) is 58.0 Å². The van der Waals surface area contributed by atoms with Crippen molar-refractivity contribution < 1.29 is 4.79 Å². The molecule has 0 saturated carbocycles. The molecule has 2 aromatic rings. The van der Waals surface area contributed by atoms with E-state index in [2.05, 4.69) is 57.3 Å². The van der Waals surface area contributed by atoms with Gasteiger partial charge in [0.15, 0.2) is 5.96 Å². The largest absolute Gasteiger partial charge is 0.357 e. The number of hydrogen-bond acceptors (Lipinski definition) is 2. The standard InChI is InChI=1S/C22H29BrN4O/c1-5-24-22(27(4)16-18-9-11-20(23)12-10-18)25-14-13-17-7-6-8-19(15-17)21(28)26(2)3/h6-12,15H,5,13-14,16H2,1-4H3,(H,24,25). The molecule has 0 saturated heterocycles. The van der Waals surface area contributed by atoms with Crippen LogP contribution in [0, 0.1) is 0 Å². The van der Waals surface area contributed by atoms with Crippen molar-refractivity contribution in [3.63, 3.8) is 0 Å². The lowest BCUT2D eigenvalue weighted by Gasteiger charge is -2.22. The van der Waals surface area contributed by atoms with E-state index in [1.165, 1.54) is 5.56 Å². The SMILES string of the molecule is CCNC(=NCCc1cccc(C(=O)N(C)C)c1)N(C)Cc1ccc(Br)cc1. The molecule has 2 rings (SSSR count). The number of hydrogen-bond donors (Lipinski definition) is 1. The van der Waals surface area contributed by atoms with Gasteiger partial charge in [0.2, 0.25) is 0 Å². The molecule has 6 heteroatoms. The van der Waals surface area contributed by atoms with Gasteiger partial charge >= 0.3 is 0 Å². The summed E-state index contributed by atoms with van der Waals surface area (Å²) in [5.41, 5.74) is 3.06. The Kier molecular flexibility index (Phi) is 8.51. The van der Waals surface area contributed by atoms with Crippen LogP contribution in [0.3, 0.4) is 0 Å². The second-order valence-electron chi connectivity index (χ2n) is 6.87. The van der Waals surface area contributed by atoms with Gasteiger partial charge in [-0.25, -0.2) is 0 Å². The molecule has 0 aliphatic carbocycles. The zero-order chi connectivity index (χ0) is 20.5. The molecular weight excluding hydrogens is 416 g/mol. The van der Waals surface area contributed by atoms with E-state index >= 15 is 0 Å². The third-order valence-electron chi connectivity index (χ3n) is 4.27. The molecule has 0 bridgehead atoms. The van der Waals surface area contributed by atoms with E-state index in [9.17, 15) is 4.79 Å². The topological polar surface area (TPSA) is 47.9 Å². The molecule has 0 fully saturated rings. The highest BCUT2D eigenvalue weighted by atomic mass is 79.9. The molecule has 0 atom stereocenters. The molecule has 1 amide bonds. The Balaban J connectivity index is 2.01. The fourth-order valence-corrected chi connectivity index (χ4v) is 3.08. The van der Waals surface area contributed by atoms with Gasteiger partial charge in [-0.3, -0.25) is 9.79 Å². The molecule has 2 aromatic carbocycles. The van der Waals surface area contributed by atoms with Crippen molar-refractivity contribution in [3.8, 4) is 0 Å². The van der Waals surface area contributed by atoms with E-state index in [4.69, 9.17) is 4.99 Å². The Morgan fingerprint density at radius 1 is 1.07 bits per heavy atom. The van der Waals surface area contributed by atoms with Crippen molar-refractivity contribution >= 4 is 27.8 Å². The van der Waals surface area contributed by atoms with Crippen LogP contribution < -0.4 is 5.32 Å². The molecule has 0 unspecified atom stereocenters. The second kappa shape index (κ2) is 10.9. The van der Waals surface area contributed by atoms with Crippen molar-refractivity contribution in [3.05, 3.63) is 69.7 Å². The van der Waals surface area contributed by atoms with E-state index in [1.54, 1.807) is 19.0 Å². The number of aliphatic imine (C=N–C) groups is 1. The molecule has 0 radical (unpaired) electrons. The van der Waals surface area contributed by atoms with E-state index in [1.807, 2.05) is 31.3 Å². The summed E-state index contributed by atoms with van der Waals surface area (Å²) in [5, 5.41) is 3.35. The predicted molar refractivity (Wildman–Crippen MR) is 120 cm³/mol. The highest BCUT2D eigenvalue weighted by Gasteiger charge is 2.09. The Morgan fingerprint density at radius 3 is 2.43 bits per heavy atom. The quantitative estimate of drug-likeness (QED) is 0.521. The summed E-state index contributed by atoms with van der Waals surface area (Å²) in [6.07, 6.45) is 0.787. The molecule has 0 heterocycles. The van der Waals surface area contributed by atoms with Crippen molar-refractivity contribution in [2.24, 2.45) is 4.99 Å². The van der Waals surface area contributed by atoms with Crippen LogP contribution in [0.1, 0.15) is 28.4 Å². The number of nitrogens with one attached hydrogen (secondary N) is 1. The first-order valence-electron chi connectivity index (χ1n) is 9.45. The fourth-order valence-electron chi connectivity index (χ4n) is 2.82. The number of rotatable bonds is 7. The summed E-state index contributed by atoms with van der Waals surface area (Å²) < 4.78 is 1.08. The molecule has 1 N–H and O–H groups in total. The Bertz CT molecular complexity index is 802. The van der Waals surface area contributed by atoms with Crippen LogP contribution in [0.2, 0.25) is 0 Å².